The van der Waals surface area contributed by atoms with E-state index in [4.69, 9.17) is 4.74 Å². The van der Waals surface area contributed by atoms with Crippen LogP contribution in [0.5, 0.6) is 0 Å². The smallest absolute Gasteiger partial charge is 0.408 e. The highest BCUT2D eigenvalue weighted by molar-refractivity contribution is 7.00. The van der Waals surface area contributed by atoms with Crippen molar-refractivity contribution in [2.24, 2.45) is 0 Å². The van der Waals surface area contributed by atoms with Crippen LogP contribution in [0.25, 0.3) is 22.3 Å². The van der Waals surface area contributed by atoms with Crippen LogP contribution in [0, 0.1) is 0 Å². The van der Waals surface area contributed by atoms with E-state index in [1.54, 1.807) is 27.0 Å². The maximum Gasteiger partial charge on any atom is 0.408 e. The second-order valence-corrected chi connectivity index (χ2v) is 7.33. The van der Waals surface area contributed by atoms with Crippen LogP contribution in [0.3, 0.4) is 0 Å². The maximum absolute atomic E-state index is 11.9. The quantitative estimate of drug-likeness (QED) is 0.675. The summed E-state index contributed by atoms with van der Waals surface area (Å²) < 4.78 is 14.9. The van der Waals surface area contributed by atoms with Gasteiger partial charge < -0.3 is 15.2 Å². The summed E-state index contributed by atoms with van der Waals surface area (Å²) in [5.74, 6) is -1.20. The number of rotatable bonds is 5. The molecule has 0 saturated carbocycles. The fraction of sp³-hybridized carbons (Fsp3) is 0.375. The lowest BCUT2D eigenvalue weighted by atomic mass is 10.1. The van der Waals surface area contributed by atoms with E-state index in [0.717, 1.165) is 22.8 Å². The number of hydrogen-bond acceptors (Lipinski definition) is 8. The average Bonchev–Trinajstić information content (AvgIpc) is 3.20. The molecule has 3 rings (SSSR count). The van der Waals surface area contributed by atoms with Crippen molar-refractivity contribution in [1.29, 1.82) is 0 Å². The van der Waals surface area contributed by atoms with Crippen molar-refractivity contribution in [2.45, 2.75) is 39.0 Å². The van der Waals surface area contributed by atoms with Gasteiger partial charge in [0, 0.05) is 5.56 Å². The van der Waals surface area contributed by atoms with Gasteiger partial charge in [-0.15, -0.1) is 5.10 Å². The summed E-state index contributed by atoms with van der Waals surface area (Å²) in [5.41, 5.74) is 2.01. The molecule has 0 bridgehead atoms. The maximum atomic E-state index is 11.9. The van der Waals surface area contributed by atoms with Crippen LogP contribution in [-0.4, -0.2) is 52.6 Å². The van der Waals surface area contributed by atoms with Gasteiger partial charge in [-0.3, -0.25) is 0 Å². The molecule has 1 atom stereocenters. The Labute approximate surface area is 158 Å². The first-order valence-electron chi connectivity index (χ1n) is 8.07. The lowest BCUT2D eigenvalue weighted by molar-refractivity contribution is -0.139. The van der Waals surface area contributed by atoms with Crippen molar-refractivity contribution in [2.75, 3.05) is 0 Å². The average molecular weight is 390 g/mol. The number of aromatic nitrogens is 5. The molecule has 11 heteroatoms. The van der Waals surface area contributed by atoms with Crippen LogP contribution in [-0.2, 0) is 16.1 Å². The first-order chi connectivity index (χ1) is 12.7. The van der Waals surface area contributed by atoms with Crippen molar-refractivity contribution in [3.8, 4) is 11.3 Å². The van der Waals surface area contributed by atoms with E-state index in [0.29, 0.717) is 11.2 Å². The van der Waals surface area contributed by atoms with E-state index >= 15 is 0 Å². The minimum absolute atomic E-state index is 0.104. The van der Waals surface area contributed by atoms with Gasteiger partial charge in [-0.25, -0.2) is 14.3 Å². The normalized spacial score (nSPS) is 12.7. The van der Waals surface area contributed by atoms with Crippen molar-refractivity contribution < 1.29 is 19.4 Å². The van der Waals surface area contributed by atoms with Crippen molar-refractivity contribution in [1.82, 2.24) is 29.1 Å². The molecule has 0 aliphatic rings. The third-order valence-electron chi connectivity index (χ3n) is 3.46. The van der Waals surface area contributed by atoms with Crippen molar-refractivity contribution >= 4 is 34.8 Å². The van der Waals surface area contributed by atoms with Gasteiger partial charge in [-0.05, 0) is 26.8 Å². The SMILES string of the molecule is CC(C)(C)OC(=O)N[C@@H](Cn1cc(-c2cccc3nsnc23)nn1)C(=O)O. The Morgan fingerprint density at radius 1 is 1.33 bits per heavy atom. The van der Waals surface area contributed by atoms with Gasteiger partial charge >= 0.3 is 12.1 Å². The van der Waals surface area contributed by atoms with Gasteiger partial charge in [0.2, 0.25) is 0 Å². The summed E-state index contributed by atoms with van der Waals surface area (Å²) in [7, 11) is 0. The number of aliphatic carboxylic acids is 1. The van der Waals surface area contributed by atoms with Gasteiger partial charge in [0.1, 0.15) is 28.4 Å². The molecule has 0 aliphatic heterocycles. The number of fused-ring (bicyclic) bond motifs is 1. The molecule has 2 N–H and O–H groups in total. The molecule has 1 amide bonds. The molecule has 0 spiro atoms. The van der Waals surface area contributed by atoms with E-state index in [1.165, 1.54) is 4.68 Å². The number of nitrogens with one attached hydrogen (secondary N) is 1. The molecule has 0 aliphatic carbocycles. The highest BCUT2D eigenvalue weighted by atomic mass is 32.1. The number of carboxylic acid groups (broad SMARTS) is 1. The fourth-order valence-electron chi connectivity index (χ4n) is 2.35. The minimum Gasteiger partial charge on any atom is -0.480 e. The second kappa shape index (κ2) is 7.27. The van der Waals surface area contributed by atoms with Crippen molar-refractivity contribution in [3.63, 3.8) is 0 Å². The van der Waals surface area contributed by atoms with Gasteiger partial charge in [-0.1, -0.05) is 17.3 Å². The van der Waals surface area contributed by atoms with Crippen molar-refractivity contribution in [3.05, 3.63) is 24.4 Å². The predicted octanol–water partition coefficient (Wildman–Crippen LogP) is 1.93. The highest BCUT2D eigenvalue weighted by Crippen LogP contribution is 2.25. The van der Waals surface area contributed by atoms with Crippen LogP contribution >= 0.6 is 11.7 Å². The molecule has 0 unspecified atom stereocenters. The Balaban J connectivity index is 1.76. The lowest BCUT2D eigenvalue weighted by Crippen LogP contribution is -2.45. The molecule has 0 radical (unpaired) electrons. The molecular weight excluding hydrogens is 372 g/mol. The Morgan fingerprint density at radius 2 is 2.11 bits per heavy atom. The van der Waals surface area contributed by atoms with Crippen LogP contribution in [0.15, 0.2) is 24.4 Å². The summed E-state index contributed by atoms with van der Waals surface area (Å²) in [6, 6.07) is 4.30. The summed E-state index contributed by atoms with van der Waals surface area (Å²) in [6.45, 7) is 4.98. The predicted molar refractivity (Wildman–Crippen MR) is 97.2 cm³/mol. The number of alkyl carbamates (subject to hydrolysis) is 1. The van der Waals surface area contributed by atoms with Gasteiger partial charge in [0.15, 0.2) is 0 Å². The van der Waals surface area contributed by atoms with E-state index in [-0.39, 0.29) is 6.54 Å². The summed E-state index contributed by atoms with van der Waals surface area (Å²) in [5, 5.41) is 19.7. The topological polar surface area (TPSA) is 132 Å². The molecule has 142 valence electrons. The number of nitrogens with zero attached hydrogens (tertiary/aromatic N) is 5. The third-order valence-corrected chi connectivity index (χ3v) is 4.00. The Bertz CT molecular complexity index is 977. The highest BCUT2D eigenvalue weighted by Gasteiger charge is 2.25. The molecule has 0 saturated heterocycles. The molecule has 1 aromatic carbocycles. The Kier molecular flexibility index (Phi) is 5.04. The third kappa shape index (κ3) is 4.56. The molecule has 10 nitrogen and oxygen atoms in total. The Hall–Kier alpha value is -3.08. The van der Waals surface area contributed by atoms with Crippen LogP contribution in [0.2, 0.25) is 0 Å². The second-order valence-electron chi connectivity index (χ2n) is 6.80. The van der Waals surface area contributed by atoms with Crippen LogP contribution in [0.4, 0.5) is 4.79 Å². The largest absolute Gasteiger partial charge is 0.480 e. The Morgan fingerprint density at radius 3 is 2.81 bits per heavy atom. The number of amides is 1. The van der Waals surface area contributed by atoms with Crippen LogP contribution in [0.1, 0.15) is 20.8 Å². The molecular formula is C16H18N6O4S. The zero-order chi connectivity index (χ0) is 19.6. The summed E-state index contributed by atoms with van der Waals surface area (Å²) in [4.78, 5) is 23.3. The zero-order valence-corrected chi connectivity index (χ0v) is 15.7. The number of benzene rings is 1. The summed E-state index contributed by atoms with van der Waals surface area (Å²) in [6.07, 6.45) is 0.787. The van der Waals surface area contributed by atoms with Gasteiger partial charge in [0.25, 0.3) is 0 Å². The zero-order valence-electron chi connectivity index (χ0n) is 14.9. The van der Waals surface area contributed by atoms with Gasteiger partial charge in [-0.2, -0.15) is 8.75 Å². The molecule has 0 fully saturated rings. The molecule has 3 aromatic rings. The number of carbonyl (C=O) groups is 2. The van der Waals surface area contributed by atoms with Crippen LogP contribution < -0.4 is 5.32 Å². The fourth-order valence-corrected chi connectivity index (χ4v) is 2.90. The number of carbonyl (C=O) groups excluding carboxylic acids is 1. The molecule has 27 heavy (non-hydrogen) atoms. The number of carboxylic acids is 1. The molecule has 2 heterocycles. The first-order valence-corrected chi connectivity index (χ1v) is 8.80. The molecule has 2 aromatic heterocycles. The monoisotopic (exact) mass is 390 g/mol. The number of ether oxygens (including phenoxy) is 1. The standard InChI is InChI=1S/C16H18N6O4S/c1-16(2,3)26-15(25)17-12(14(23)24)8-22-7-11(18-21-22)9-5-4-6-10-13(9)20-27-19-10/h4-7,12H,8H2,1-3H3,(H,17,25)(H,23,24)/t12-/m0/s1. The van der Waals surface area contributed by atoms with Gasteiger partial charge in [0.05, 0.1) is 24.5 Å². The first kappa shape index (κ1) is 18.7. The van der Waals surface area contributed by atoms with E-state index in [2.05, 4.69) is 24.4 Å². The number of hydrogen-bond donors (Lipinski definition) is 2. The van der Waals surface area contributed by atoms with E-state index in [9.17, 15) is 14.7 Å². The lowest BCUT2D eigenvalue weighted by Gasteiger charge is -2.21. The van der Waals surface area contributed by atoms with E-state index in [1.807, 2.05) is 18.2 Å². The minimum atomic E-state index is -1.22. The van der Waals surface area contributed by atoms with E-state index < -0.39 is 23.7 Å². The summed E-state index contributed by atoms with van der Waals surface area (Å²) >= 11 is 1.10.